The average Bonchev–Trinajstić information content (AvgIpc) is 2.15. The minimum Gasteiger partial charge on any atom is -0.276 e. The van der Waals surface area contributed by atoms with Gasteiger partial charge in [-0.15, -0.1) is 0 Å². The molecule has 0 saturated carbocycles. The maximum Gasteiger partial charge on any atom is 0.133 e. The summed E-state index contributed by atoms with van der Waals surface area (Å²) in [6.07, 6.45) is 0. The quantitative estimate of drug-likeness (QED) is 0.530. The van der Waals surface area contributed by atoms with Crippen LogP contribution >= 0.6 is 12.2 Å². The second kappa shape index (κ2) is 4.35. The first-order valence-electron chi connectivity index (χ1n) is 4.04. The summed E-state index contributed by atoms with van der Waals surface area (Å²) in [5.74, 6) is 0. The molecular weight excluding hydrogens is 182 g/mol. The average molecular weight is 195 g/mol. The third kappa shape index (κ3) is 2.50. The van der Waals surface area contributed by atoms with E-state index >= 15 is 0 Å². The van der Waals surface area contributed by atoms with Gasteiger partial charge in [-0.05, 0) is 13.0 Å². The Bertz CT molecular complexity index is 312. The van der Waals surface area contributed by atoms with Gasteiger partial charge in [0.25, 0.3) is 0 Å². The maximum absolute atomic E-state index is 5.20. The number of hydrogen-bond acceptors (Lipinski definition) is 2. The highest BCUT2D eigenvalue weighted by Crippen LogP contribution is 2.07. The first kappa shape index (κ1) is 10.2. The van der Waals surface area contributed by atoms with Crippen molar-refractivity contribution in [3.63, 3.8) is 0 Å². The zero-order valence-corrected chi connectivity index (χ0v) is 8.89. The normalized spacial score (nSPS) is 9.77. The lowest BCUT2D eigenvalue weighted by Crippen LogP contribution is -2.24. The Morgan fingerprint density at radius 1 is 1.46 bits per heavy atom. The van der Waals surface area contributed by atoms with Crippen LogP contribution in [0.1, 0.15) is 11.1 Å². The monoisotopic (exact) mass is 195 g/mol. The van der Waals surface area contributed by atoms with Gasteiger partial charge in [-0.25, -0.2) is 5.06 Å². The number of nitrogens with zero attached hydrogens (tertiary/aromatic N) is 1. The molecule has 0 heterocycles. The molecule has 0 aliphatic carbocycles. The SMILES string of the molecule is CON(C)C(=S)c1cccc(C)c1. The van der Waals surface area contributed by atoms with Crippen molar-refractivity contribution < 1.29 is 4.84 Å². The molecule has 70 valence electrons. The van der Waals surface area contributed by atoms with E-state index in [-0.39, 0.29) is 0 Å². The Morgan fingerprint density at radius 3 is 2.69 bits per heavy atom. The van der Waals surface area contributed by atoms with Crippen LogP contribution in [-0.4, -0.2) is 24.2 Å². The molecule has 0 amide bonds. The van der Waals surface area contributed by atoms with Gasteiger partial charge in [-0.2, -0.15) is 0 Å². The van der Waals surface area contributed by atoms with Crippen molar-refractivity contribution in [3.05, 3.63) is 35.4 Å². The summed E-state index contributed by atoms with van der Waals surface area (Å²) >= 11 is 5.20. The Hall–Kier alpha value is -0.930. The van der Waals surface area contributed by atoms with E-state index in [0.29, 0.717) is 4.99 Å². The Kier molecular flexibility index (Phi) is 3.39. The summed E-state index contributed by atoms with van der Waals surface area (Å²) in [5.41, 5.74) is 2.21. The Morgan fingerprint density at radius 2 is 2.15 bits per heavy atom. The van der Waals surface area contributed by atoms with Gasteiger partial charge in [0.05, 0.1) is 7.11 Å². The van der Waals surface area contributed by atoms with E-state index < -0.39 is 0 Å². The largest absolute Gasteiger partial charge is 0.276 e. The number of hydrogen-bond donors (Lipinski definition) is 0. The first-order valence-corrected chi connectivity index (χ1v) is 4.45. The van der Waals surface area contributed by atoms with Gasteiger partial charge in [0.15, 0.2) is 0 Å². The Balaban J connectivity index is 2.89. The highest BCUT2D eigenvalue weighted by molar-refractivity contribution is 7.80. The lowest BCUT2D eigenvalue weighted by atomic mass is 10.1. The van der Waals surface area contributed by atoms with Gasteiger partial charge < -0.3 is 0 Å². The van der Waals surface area contributed by atoms with Crippen LogP contribution in [0, 0.1) is 6.92 Å². The van der Waals surface area contributed by atoms with Crippen molar-refractivity contribution in [3.8, 4) is 0 Å². The standard InChI is InChI=1S/C10H13NOS/c1-8-5-4-6-9(7-8)10(13)11(2)12-3/h4-7H,1-3H3. The minimum absolute atomic E-state index is 0.700. The summed E-state index contributed by atoms with van der Waals surface area (Å²) in [4.78, 5) is 5.70. The molecule has 0 bridgehead atoms. The van der Waals surface area contributed by atoms with Gasteiger partial charge in [0.2, 0.25) is 0 Å². The van der Waals surface area contributed by atoms with Gasteiger partial charge >= 0.3 is 0 Å². The zero-order valence-electron chi connectivity index (χ0n) is 8.07. The van der Waals surface area contributed by atoms with E-state index in [0.717, 1.165) is 5.56 Å². The first-order chi connectivity index (χ1) is 6.15. The smallest absolute Gasteiger partial charge is 0.133 e. The van der Waals surface area contributed by atoms with Crippen molar-refractivity contribution in [2.45, 2.75) is 6.92 Å². The minimum atomic E-state index is 0.700. The molecule has 1 rings (SSSR count). The molecule has 0 unspecified atom stereocenters. The highest BCUT2D eigenvalue weighted by atomic mass is 32.1. The van der Waals surface area contributed by atoms with Crippen molar-refractivity contribution in [2.75, 3.05) is 14.2 Å². The maximum atomic E-state index is 5.20. The number of hydroxylamine groups is 2. The zero-order chi connectivity index (χ0) is 9.84. The summed E-state index contributed by atoms with van der Waals surface area (Å²) < 4.78 is 0. The fraction of sp³-hybridized carbons (Fsp3) is 0.300. The van der Waals surface area contributed by atoms with Gasteiger partial charge in [-0.3, -0.25) is 4.84 Å². The molecule has 0 fully saturated rings. The van der Waals surface area contributed by atoms with Gasteiger partial charge in [0, 0.05) is 12.6 Å². The molecule has 2 nitrogen and oxygen atoms in total. The molecule has 0 spiro atoms. The van der Waals surface area contributed by atoms with E-state index in [2.05, 4.69) is 0 Å². The third-order valence-corrected chi connectivity index (χ3v) is 2.32. The van der Waals surface area contributed by atoms with E-state index in [4.69, 9.17) is 17.1 Å². The number of benzene rings is 1. The molecule has 1 aromatic rings. The van der Waals surface area contributed by atoms with Crippen LogP contribution in [0.4, 0.5) is 0 Å². The number of aryl methyl sites for hydroxylation is 1. The van der Waals surface area contributed by atoms with Crippen LogP contribution in [0.15, 0.2) is 24.3 Å². The molecule has 13 heavy (non-hydrogen) atoms. The summed E-state index contributed by atoms with van der Waals surface area (Å²) in [7, 11) is 3.40. The van der Waals surface area contributed by atoms with E-state index in [1.807, 2.05) is 31.2 Å². The van der Waals surface area contributed by atoms with Crippen LogP contribution in [0.2, 0.25) is 0 Å². The van der Waals surface area contributed by atoms with Crippen molar-refractivity contribution in [1.29, 1.82) is 0 Å². The fourth-order valence-corrected chi connectivity index (χ4v) is 1.24. The second-order valence-electron chi connectivity index (χ2n) is 2.85. The second-order valence-corrected chi connectivity index (χ2v) is 3.24. The third-order valence-electron chi connectivity index (χ3n) is 1.82. The van der Waals surface area contributed by atoms with Crippen LogP contribution in [0.25, 0.3) is 0 Å². The van der Waals surface area contributed by atoms with Crippen LogP contribution < -0.4 is 0 Å². The molecule has 0 radical (unpaired) electrons. The highest BCUT2D eigenvalue weighted by Gasteiger charge is 2.05. The summed E-state index contributed by atoms with van der Waals surface area (Å²) in [5, 5.41) is 1.57. The van der Waals surface area contributed by atoms with Crippen molar-refractivity contribution in [2.24, 2.45) is 0 Å². The molecular formula is C10H13NOS. The lowest BCUT2D eigenvalue weighted by molar-refractivity contribution is -0.0385. The summed E-state index contributed by atoms with van der Waals surface area (Å²) in [6, 6.07) is 8.04. The van der Waals surface area contributed by atoms with Gasteiger partial charge in [-0.1, -0.05) is 36.0 Å². The molecule has 0 N–H and O–H groups in total. The predicted molar refractivity (Wildman–Crippen MR) is 57.7 cm³/mol. The molecule has 1 aromatic carbocycles. The lowest BCUT2D eigenvalue weighted by Gasteiger charge is -2.16. The molecule has 0 saturated heterocycles. The van der Waals surface area contributed by atoms with E-state index in [9.17, 15) is 0 Å². The van der Waals surface area contributed by atoms with Crippen LogP contribution in [-0.2, 0) is 4.84 Å². The van der Waals surface area contributed by atoms with Crippen molar-refractivity contribution >= 4 is 17.2 Å². The van der Waals surface area contributed by atoms with E-state index in [1.54, 1.807) is 19.2 Å². The number of rotatable bonds is 2. The Labute approximate surface area is 84.1 Å². The molecule has 0 aliphatic heterocycles. The van der Waals surface area contributed by atoms with E-state index in [1.165, 1.54) is 5.56 Å². The molecule has 0 atom stereocenters. The van der Waals surface area contributed by atoms with Crippen LogP contribution in [0.5, 0.6) is 0 Å². The fourth-order valence-electron chi connectivity index (χ4n) is 1.04. The van der Waals surface area contributed by atoms with Gasteiger partial charge in [0.1, 0.15) is 4.99 Å². The molecule has 3 heteroatoms. The number of thiocarbonyl (C=S) groups is 1. The van der Waals surface area contributed by atoms with Crippen molar-refractivity contribution in [1.82, 2.24) is 5.06 Å². The topological polar surface area (TPSA) is 12.5 Å². The summed E-state index contributed by atoms with van der Waals surface area (Å²) in [6.45, 7) is 2.04. The van der Waals surface area contributed by atoms with Crippen LogP contribution in [0.3, 0.4) is 0 Å². The predicted octanol–water partition coefficient (Wildman–Crippen LogP) is 2.16. The molecule has 0 aromatic heterocycles. The molecule has 0 aliphatic rings.